The number of carboxylic acids is 1. The normalized spacial score (nSPS) is 12.2. The fourth-order valence-corrected chi connectivity index (χ4v) is 1.81. The SMILES string of the molecule is CCNC(CCN(C)c1ccc(C)cc1)C(=O)O. The third kappa shape index (κ3) is 4.37. The van der Waals surface area contributed by atoms with Crippen molar-refractivity contribution < 1.29 is 9.90 Å². The Morgan fingerprint density at radius 2 is 2.00 bits per heavy atom. The highest BCUT2D eigenvalue weighted by atomic mass is 16.4. The first-order valence-corrected chi connectivity index (χ1v) is 6.28. The maximum atomic E-state index is 11.0. The molecule has 0 aliphatic carbocycles. The van der Waals surface area contributed by atoms with Gasteiger partial charge in [-0.2, -0.15) is 0 Å². The van der Waals surface area contributed by atoms with Crippen LogP contribution in [0.3, 0.4) is 0 Å². The van der Waals surface area contributed by atoms with Crippen LogP contribution >= 0.6 is 0 Å². The number of rotatable bonds is 7. The zero-order valence-electron chi connectivity index (χ0n) is 11.3. The Bertz CT molecular complexity index is 376. The van der Waals surface area contributed by atoms with E-state index in [2.05, 4.69) is 41.4 Å². The van der Waals surface area contributed by atoms with Gasteiger partial charge in [-0.05, 0) is 32.0 Å². The molecule has 0 saturated heterocycles. The second kappa shape index (κ2) is 7.01. The van der Waals surface area contributed by atoms with E-state index in [1.54, 1.807) is 0 Å². The molecular weight excluding hydrogens is 228 g/mol. The molecule has 18 heavy (non-hydrogen) atoms. The van der Waals surface area contributed by atoms with Crippen LogP contribution in [0.2, 0.25) is 0 Å². The Morgan fingerprint density at radius 1 is 1.39 bits per heavy atom. The fraction of sp³-hybridized carbons (Fsp3) is 0.500. The summed E-state index contributed by atoms with van der Waals surface area (Å²) in [5, 5.41) is 12.0. The Morgan fingerprint density at radius 3 is 2.50 bits per heavy atom. The van der Waals surface area contributed by atoms with Crippen LogP contribution < -0.4 is 10.2 Å². The van der Waals surface area contributed by atoms with Crippen LogP contribution in [0.5, 0.6) is 0 Å². The van der Waals surface area contributed by atoms with Crippen LogP contribution in [0.25, 0.3) is 0 Å². The first kappa shape index (κ1) is 14.5. The van der Waals surface area contributed by atoms with Gasteiger partial charge in [0.15, 0.2) is 0 Å². The molecule has 1 aromatic carbocycles. The molecule has 0 saturated carbocycles. The van der Waals surface area contributed by atoms with Gasteiger partial charge >= 0.3 is 5.97 Å². The van der Waals surface area contributed by atoms with Gasteiger partial charge in [0.25, 0.3) is 0 Å². The van der Waals surface area contributed by atoms with Crippen molar-refractivity contribution in [3.8, 4) is 0 Å². The number of nitrogens with one attached hydrogen (secondary N) is 1. The lowest BCUT2D eigenvalue weighted by Gasteiger charge is -2.22. The largest absolute Gasteiger partial charge is 0.480 e. The van der Waals surface area contributed by atoms with E-state index in [9.17, 15) is 4.79 Å². The van der Waals surface area contributed by atoms with Crippen molar-refractivity contribution in [2.75, 3.05) is 25.0 Å². The third-order valence-electron chi connectivity index (χ3n) is 2.98. The third-order valence-corrected chi connectivity index (χ3v) is 2.98. The van der Waals surface area contributed by atoms with Crippen LogP contribution in [-0.4, -0.2) is 37.3 Å². The van der Waals surface area contributed by atoms with E-state index in [0.717, 1.165) is 5.69 Å². The molecule has 0 heterocycles. The molecule has 0 fully saturated rings. The van der Waals surface area contributed by atoms with Crippen LogP contribution in [0.4, 0.5) is 5.69 Å². The number of likely N-dealkylation sites (N-methyl/N-ethyl adjacent to an activating group) is 1. The van der Waals surface area contributed by atoms with Crippen LogP contribution in [-0.2, 0) is 4.79 Å². The lowest BCUT2D eigenvalue weighted by molar-refractivity contribution is -0.139. The van der Waals surface area contributed by atoms with Crippen LogP contribution in [0.1, 0.15) is 18.9 Å². The van der Waals surface area contributed by atoms with Crippen LogP contribution in [0.15, 0.2) is 24.3 Å². The molecule has 4 nitrogen and oxygen atoms in total. The Kier molecular flexibility index (Phi) is 5.65. The predicted molar refractivity (Wildman–Crippen MR) is 74.2 cm³/mol. The van der Waals surface area contributed by atoms with Crippen molar-refractivity contribution in [1.29, 1.82) is 0 Å². The minimum atomic E-state index is -0.783. The molecule has 0 amide bonds. The van der Waals surface area contributed by atoms with Crippen molar-refractivity contribution in [3.05, 3.63) is 29.8 Å². The maximum Gasteiger partial charge on any atom is 0.320 e. The van der Waals surface area contributed by atoms with E-state index in [-0.39, 0.29) is 0 Å². The second-order valence-electron chi connectivity index (χ2n) is 4.49. The number of benzene rings is 1. The molecule has 0 aliphatic heterocycles. The number of hydrogen-bond donors (Lipinski definition) is 2. The van der Waals surface area contributed by atoms with Crippen LogP contribution in [0, 0.1) is 6.92 Å². The van der Waals surface area contributed by atoms with Gasteiger partial charge in [-0.15, -0.1) is 0 Å². The van der Waals surface area contributed by atoms with Gasteiger partial charge in [0.05, 0.1) is 0 Å². The minimum absolute atomic E-state index is 0.470. The molecular formula is C14H22N2O2. The van der Waals surface area contributed by atoms with Gasteiger partial charge in [-0.25, -0.2) is 0 Å². The number of aryl methyl sites for hydroxylation is 1. The minimum Gasteiger partial charge on any atom is -0.480 e. The van der Waals surface area contributed by atoms with E-state index in [0.29, 0.717) is 19.5 Å². The van der Waals surface area contributed by atoms with Gasteiger partial charge in [-0.1, -0.05) is 24.6 Å². The number of nitrogens with zero attached hydrogens (tertiary/aromatic N) is 1. The highest BCUT2D eigenvalue weighted by Crippen LogP contribution is 2.13. The molecule has 100 valence electrons. The van der Waals surface area contributed by atoms with Crippen molar-refractivity contribution in [2.45, 2.75) is 26.3 Å². The number of aliphatic carboxylic acids is 1. The lowest BCUT2D eigenvalue weighted by atomic mass is 10.1. The summed E-state index contributed by atoms with van der Waals surface area (Å²) in [5.74, 6) is -0.783. The summed E-state index contributed by atoms with van der Waals surface area (Å²) in [6, 6.07) is 7.76. The average molecular weight is 250 g/mol. The maximum absolute atomic E-state index is 11.0. The van der Waals surface area contributed by atoms with E-state index in [4.69, 9.17) is 5.11 Å². The van der Waals surface area contributed by atoms with Crippen molar-refractivity contribution >= 4 is 11.7 Å². The summed E-state index contributed by atoms with van der Waals surface area (Å²) in [4.78, 5) is 13.1. The summed E-state index contributed by atoms with van der Waals surface area (Å²) >= 11 is 0. The summed E-state index contributed by atoms with van der Waals surface area (Å²) in [5.41, 5.74) is 2.34. The van der Waals surface area contributed by atoms with E-state index in [1.165, 1.54) is 5.56 Å². The molecule has 0 aliphatic rings. The van der Waals surface area contributed by atoms with E-state index >= 15 is 0 Å². The fourth-order valence-electron chi connectivity index (χ4n) is 1.81. The van der Waals surface area contributed by atoms with E-state index in [1.807, 2.05) is 14.0 Å². The van der Waals surface area contributed by atoms with Gasteiger partial charge in [0, 0.05) is 19.3 Å². The summed E-state index contributed by atoms with van der Waals surface area (Å²) in [6.45, 7) is 5.35. The number of hydrogen-bond acceptors (Lipinski definition) is 3. The van der Waals surface area contributed by atoms with Gasteiger partial charge in [0.1, 0.15) is 6.04 Å². The molecule has 1 atom stereocenters. The zero-order chi connectivity index (χ0) is 13.5. The number of carbonyl (C=O) groups is 1. The quantitative estimate of drug-likeness (QED) is 0.776. The number of anilines is 1. The molecule has 2 N–H and O–H groups in total. The predicted octanol–water partition coefficient (Wildman–Crippen LogP) is 1.88. The Labute approximate surface area is 109 Å². The first-order valence-electron chi connectivity index (χ1n) is 6.28. The summed E-state index contributed by atoms with van der Waals surface area (Å²) in [7, 11) is 1.98. The van der Waals surface area contributed by atoms with Gasteiger partial charge < -0.3 is 15.3 Å². The highest BCUT2D eigenvalue weighted by molar-refractivity contribution is 5.73. The standard InChI is InChI=1S/C14H22N2O2/c1-4-15-13(14(17)18)9-10-16(3)12-7-5-11(2)6-8-12/h5-8,13,15H,4,9-10H2,1-3H3,(H,17,18). The van der Waals surface area contributed by atoms with Crippen molar-refractivity contribution in [1.82, 2.24) is 5.32 Å². The molecule has 4 heteroatoms. The summed E-state index contributed by atoms with van der Waals surface area (Å²) in [6.07, 6.45) is 0.591. The topological polar surface area (TPSA) is 52.6 Å². The first-order chi connectivity index (χ1) is 8.54. The Balaban J connectivity index is 2.51. The highest BCUT2D eigenvalue weighted by Gasteiger charge is 2.16. The molecule has 1 unspecified atom stereocenters. The number of carboxylic acid groups (broad SMARTS) is 1. The summed E-state index contributed by atoms with van der Waals surface area (Å²) < 4.78 is 0. The van der Waals surface area contributed by atoms with Crippen molar-refractivity contribution in [2.24, 2.45) is 0 Å². The van der Waals surface area contributed by atoms with E-state index < -0.39 is 12.0 Å². The van der Waals surface area contributed by atoms with Gasteiger partial charge in [0.2, 0.25) is 0 Å². The van der Waals surface area contributed by atoms with Gasteiger partial charge in [-0.3, -0.25) is 4.79 Å². The molecule has 0 bridgehead atoms. The molecule has 0 radical (unpaired) electrons. The Hall–Kier alpha value is -1.55. The monoisotopic (exact) mass is 250 g/mol. The zero-order valence-corrected chi connectivity index (χ0v) is 11.3. The second-order valence-corrected chi connectivity index (χ2v) is 4.49. The molecule has 0 spiro atoms. The average Bonchev–Trinajstić information content (AvgIpc) is 2.34. The smallest absolute Gasteiger partial charge is 0.320 e. The van der Waals surface area contributed by atoms with Crippen molar-refractivity contribution in [3.63, 3.8) is 0 Å². The molecule has 0 aromatic heterocycles. The molecule has 1 aromatic rings. The lowest BCUT2D eigenvalue weighted by Crippen LogP contribution is -2.39. The molecule has 1 rings (SSSR count).